The summed E-state index contributed by atoms with van der Waals surface area (Å²) in [4.78, 5) is 31.7. The van der Waals surface area contributed by atoms with Crippen LogP contribution in [0, 0.1) is 5.92 Å². The van der Waals surface area contributed by atoms with Gasteiger partial charge in [0, 0.05) is 28.7 Å². The molecule has 38 heavy (non-hydrogen) atoms. The maximum Gasteiger partial charge on any atom is 0.322 e. The van der Waals surface area contributed by atoms with E-state index in [-0.39, 0.29) is 31.1 Å². The number of carbonyl (C=O) groups excluding carboxylic acids is 2. The van der Waals surface area contributed by atoms with E-state index in [9.17, 15) is 9.59 Å². The predicted octanol–water partition coefficient (Wildman–Crippen LogP) is 6.50. The standard InChI is InChI=1S/C29H34ClN3O4S/c1-20(2)11-14-32(29(35)31-22-8-6-7-21(30)17-22)18-28(34)33-15-12-27-23(13-16-38-27)24(33)19-37-26-10-5-4-9-25(26)36-3/h4-10,13,16-17,20,24H,11-12,14-15,18-19H2,1-3H3,(H,31,35)/t24-/m0/s1. The van der Waals surface area contributed by atoms with E-state index < -0.39 is 0 Å². The minimum Gasteiger partial charge on any atom is -0.493 e. The van der Waals surface area contributed by atoms with Crippen molar-refractivity contribution in [1.29, 1.82) is 0 Å². The molecule has 202 valence electrons. The minimum atomic E-state index is -0.323. The number of benzene rings is 2. The van der Waals surface area contributed by atoms with Crippen LogP contribution in [0.4, 0.5) is 10.5 Å². The highest BCUT2D eigenvalue weighted by molar-refractivity contribution is 7.10. The Kier molecular flexibility index (Phi) is 9.53. The molecule has 1 N–H and O–H groups in total. The summed E-state index contributed by atoms with van der Waals surface area (Å²) in [5, 5.41) is 5.48. The fraction of sp³-hybridized carbons (Fsp3) is 0.379. The Morgan fingerprint density at radius 2 is 1.95 bits per heavy atom. The number of methoxy groups -OCH3 is 1. The van der Waals surface area contributed by atoms with Crippen LogP contribution in [0.5, 0.6) is 11.5 Å². The third-order valence-corrected chi connectivity index (χ3v) is 7.78. The van der Waals surface area contributed by atoms with E-state index in [4.69, 9.17) is 21.1 Å². The van der Waals surface area contributed by atoms with Crippen LogP contribution in [-0.4, -0.2) is 55.1 Å². The van der Waals surface area contributed by atoms with E-state index in [0.717, 1.165) is 18.4 Å². The van der Waals surface area contributed by atoms with Crippen LogP contribution in [0.1, 0.15) is 36.8 Å². The van der Waals surface area contributed by atoms with Crippen LogP contribution < -0.4 is 14.8 Å². The van der Waals surface area contributed by atoms with Crippen LogP contribution >= 0.6 is 22.9 Å². The molecule has 1 aliphatic rings. The molecule has 9 heteroatoms. The summed E-state index contributed by atoms with van der Waals surface area (Å²) in [6.07, 6.45) is 1.57. The SMILES string of the molecule is COc1ccccc1OC[C@H]1c2ccsc2CCN1C(=O)CN(CCC(C)C)C(=O)Nc1cccc(Cl)c1. The normalized spacial score (nSPS) is 14.7. The number of thiophene rings is 1. The van der Waals surface area contributed by atoms with E-state index in [1.54, 1.807) is 47.6 Å². The predicted molar refractivity (Wildman–Crippen MR) is 152 cm³/mol. The third-order valence-electron chi connectivity index (χ3n) is 6.55. The number of halogens is 1. The Morgan fingerprint density at radius 1 is 1.16 bits per heavy atom. The van der Waals surface area contributed by atoms with E-state index in [0.29, 0.717) is 41.2 Å². The summed E-state index contributed by atoms with van der Waals surface area (Å²) >= 11 is 7.79. The first kappa shape index (κ1) is 27.8. The second-order valence-electron chi connectivity index (χ2n) is 9.66. The number of nitrogens with one attached hydrogen (secondary N) is 1. The van der Waals surface area contributed by atoms with Crippen molar-refractivity contribution in [2.45, 2.75) is 32.7 Å². The Bertz CT molecular complexity index is 1250. The summed E-state index contributed by atoms with van der Waals surface area (Å²) in [5.41, 5.74) is 1.69. The molecular weight excluding hydrogens is 522 g/mol. The number of hydrogen-bond acceptors (Lipinski definition) is 5. The van der Waals surface area contributed by atoms with E-state index in [1.807, 2.05) is 29.2 Å². The van der Waals surface area contributed by atoms with Gasteiger partial charge in [0.2, 0.25) is 5.91 Å². The molecule has 0 fully saturated rings. The fourth-order valence-corrected chi connectivity index (χ4v) is 5.59. The van der Waals surface area contributed by atoms with Crippen molar-refractivity contribution >= 4 is 40.6 Å². The molecule has 0 spiro atoms. The number of carbonyl (C=O) groups is 2. The number of rotatable bonds is 10. The largest absolute Gasteiger partial charge is 0.493 e. The summed E-state index contributed by atoms with van der Waals surface area (Å²) in [6.45, 7) is 5.50. The topological polar surface area (TPSA) is 71.1 Å². The van der Waals surface area contributed by atoms with Gasteiger partial charge in [-0.15, -0.1) is 11.3 Å². The Morgan fingerprint density at radius 3 is 2.68 bits per heavy atom. The molecule has 1 aromatic heterocycles. The average Bonchev–Trinajstić information content (AvgIpc) is 3.38. The van der Waals surface area contributed by atoms with E-state index >= 15 is 0 Å². The second-order valence-corrected chi connectivity index (χ2v) is 11.1. The maximum atomic E-state index is 13.7. The quantitative estimate of drug-likeness (QED) is 0.310. The lowest BCUT2D eigenvalue weighted by Gasteiger charge is -2.37. The van der Waals surface area contributed by atoms with Crippen LogP contribution in [0.3, 0.4) is 0 Å². The van der Waals surface area contributed by atoms with Crippen molar-refractivity contribution in [3.8, 4) is 11.5 Å². The first-order valence-corrected chi connectivity index (χ1v) is 14.0. The molecule has 0 bridgehead atoms. The van der Waals surface area contributed by atoms with Gasteiger partial charge >= 0.3 is 6.03 Å². The van der Waals surface area contributed by atoms with Gasteiger partial charge in [0.15, 0.2) is 11.5 Å². The average molecular weight is 556 g/mol. The van der Waals surface area contributed by atoms with Gasteiger partial charge in [-0.2, -0.15) is 0 Å². The number of fused-ring (bicyclic) bond motifs is 1. The molecule has 1 atom stereocenters. The molecule has 3 amide bonds. The molecular formula is C29H34ClN3O4S. The molecule has 0 aliphatic carbocycles. The molecule has 7 nitrogen and oxygen atoms in total. The summed E-state index contributed by atoms with van der Waals surface area (Å²) in [6, 6.07) is 16.0. The zero-order valence-electron chi connectivity index (χ0n) is 22.0. The minimum absolute atomic E-state index is 0.0241. The number of hydrogen-bond donors (Lipinski definition) is 1. The number of nitrogens with zero attached hydrogens (tertiary/aromatic N) is 2. The molecule has 0 saturated heterocycles. The van der Waals surface area contributed by atoms with Gasteiger partial charge in [-0.25, -0.2) is 4.79 Å². The fourth-order valence-electron chi connectivity index (χ4n) is 4.47. The molecule has 0 saturated carbocycles. The molecule has 0 unspecified atom stereocenters. The number of urea groups is 1. The molecule has 4 rings (SSSR count). The Labute approximate surface area is 233 Å². The number of ether oxygens (including phenoxy) is 2. The molecule has 2 aromatic carbocycles. The van der Waals surface area contributed by atoms with Gasteiger partial charge in [0.05, 0.1) is 13.2 Å². The molecule has 3 aromatic rings. The van der Waals surface area contributed by atoms with E-state index in [1.165, 1.54) is 4.88 Å². The zero-order chi connectivity index (χ0) is 27.1. The second kappa shape index (κ2) is 13.0. The summed E-state index contributed by atoms with van der Waals surface area (Å²) in [7, 11) is 1.61. The van der Waals surface area contributed by atoms with Crippen molar-refractivity contribution in [2.24, 2.45) is 5.92 Å². The van der Waals surface area contributed by atoms with Gasteiger partial charge in [0.1, 0.15) is 13.2 Å². The van der Waals surface area contributed by atoms with Gasteiger partial charge in [-0.05, 0) is 66.1 Å². The summed E-state index contributed by atoms with van der Waals surface area (Å²) < 4.78 is 11.6. The number of anilines is 1. The smallest absolute Gasteiger partial charge is 0.322 e. The Hall–Kier alpha value is -3.23. The van der Waals surface area contributed by atoms with E-state index in [2.05, 4.69) is 30.6 Å². The van der Waals surface area contributed by atoms with Crippen LogP contribution in [0.2, 0.25) is 5.02 Å². The zero-order valence-corrected chi connectivity index (χ0v) is 23.6. The lowest BCUT2D eigenvalue weighted by Crippen LogP contribution is -2.49. The van der Waals surface area contributed by atoms with Crippen molar-refractivity contribution in [3.05, 3.63) is 75.4 Å². The first-order chi connectivity index (χ1) is 18.4. The van der Waals surface area contributed by atoms with Gasteiger partial charge < -0.3 is 24.6 Å². The molecule has 1 aliphatic heterocycles. The van der Waals surface area contributed by atoms with Gasteiger partial charge in [-0.3, -0.25) is 4.79 Å². The van der Waals surface area contributed by atoms with Gasteiger partial charge in [-0.1, -0.05) is 43.6 Å². The number of para-hydroxylation sites is 2. The molecule has 2 heterocycles. The third kappa shape index (κ3) is 6.99. The highest BCUT2D eigenvalue weighted by atomic mass is 35.5. The van der Waals surface area contributed by atoms with Crippen LogP contribution in [-0.2, 0) is 11.2 Å². The highest BCUT2D eigenvalue weighted by Gasteiger charge is 2.33. The monoisotopic (exact) mass is 555 g/mol. The number of amides is 3. The van der Waals surface area contributed by atoms with Crippen molar-refractivity contribution in [3.63, 3.8) is 0 Å². The van der Waals surface area contributed by atoms with Crippen LogP contribution in [0.25, 0.3) is 0 Å². The Balaban J connectivity index is 1.51. The van der Waals surface area contributed by atoms with Crippen LogP contribution in [0.15, 0.2) is 60.0 Å². The van der Waals surface area contributed by atoms with Crippen molar-refractivity contribution in [2.75, 3.05) is 38.7 Å². The lowest BCUT2D eigenvalue weighted by atomic mass is 10.0. The molecule has 0 radical (unpaired) electrons. The maximum absolute atomic E-state index is 13.7. The van der Waals surface area contributed by atoms with Crippen molar-refractivity contribution < 1.29 is 19.1 Å². The summed E-state index contributed by atoms with van der Waals surface area (Å²) in [5.74, 6) is 1.55. The van der Waals surface area contributed by atoms with Gasteiger partial charge in [0.25, 0.3) is 0 Å². The van der Waals surface area contributed by atoms with Crippen molar-refractivity contribution in [1.82, 2.24) is 9.80 Å². The lowest BCUT2D eigenvalue weighted by molar-refractivity contribution is -0.135. The first-order valence-electron chi connectivity index (χ1n) is 12.8. The highest BCUT2D eigenvalue weighted by Crippen LogP contribution is 2.35.